The first kappa shape index (κ1) is 29.6. The standard InChI is InChI=1S/C26H32Cl3N3O4S/c1-17-21(27)11-8-14-24(17)32(37(3,35)36)16-25(33)31(15-20-22(28)12-7-13-23(20)29)18(2)26(34)30-19-9-5-4-6-10-19/h7-8,11-14,18-19H,4-6,9-10,15-16H2,1-3H3,(H,30,34)/t18-/m0/s1. The number of nitrogens with zero attached hydrogens (tertiary/aromatic N) is 2. The Morgan fingerprint density at radius 2 is 1.57 bits per heavy atom. The molecule has 1 N–H and O–H groups in total. The van der Waals surface area contributed by atoms with E-state index >= 15 is 0 Å². The van der Waals surface area contributed by atoms with Crippen LogP contribution < -0.4 is 9.62 Å². The molecule has 2 aromatic rings. The Morgan fingerprint density at radius 1 is 1.00 bits per heavy atom. The van der Waals surface area contributed by atoms with E-state index in [1.54, 1.807) is 50.2 Å². The zero-order chi connectivity index (χ0) is 27.3. The average molecular weight is 589 g/mol. The third-order valence-electron chi connectivity index (χ3n) is 6.70. The molecule has 0 heterocycles. The Hall–Kier alpha value is -2.00. The summed E-state index contributed by atoms with van der Waals surface area (Å²) in [6, 6.07) is 8.99. The summed E-state index contributed by atoms with van der Waals surface area (Å²) in [5.74, 6) is -0.889. The fourth-order valence-electron chi connectivity index (χ4n) is 4.47. The fourth-order valence-corrected chi connectivity index (χ4v) is 6.05. The van der Waals surface area contributed by atoms with E-state index < -0.39 is 28.5 Å². The third-order valence-corrected chi connectivity index (χ3v) is 8.94. The van der Waals surface area contributed by atoms with Gasteiger partial charge in [0, 0.05) is 33.2 Å². The van der Waals surface area contributed by atoms with Crippen LogP contribution in [-0.2, 0) is 26.2 Å². The summed E-state index contributed by atoms with van der Waals surface area (Å²) >= 11 is 19.0. The highest BCUT2D eigenvalue weighted by Gasteiger charge is 2.32. The van der Waals surface area contributed by atoms with Gasteiger partial charge in [-0.15, -0.1) is 0 Å². The Balaban J connectivity index is 1.95. The van der Waals surface area contributed by atoms with Gasteiger partial charge in [0.15, 0.2) is 0 Å². The quantitative estimate of drug-likeness (QED) is 0.414. The molecule has 0 aliphatic heterocycles. The van der Waals surface area contributed by atoms with Crippen LogP contribution in [0.2, 0.25) is 15.1 Å². The van der Waals surface area contributed by atoms with E-state index in [9.17, 15) is 18.0 Å². The molecule has 2 amide bonds. The van der Waals surface area contributed by atoms with Crippen LogP contribution in [0.4, 0.5) is 5.69 Å². The lowest BCUT2D eigenvalue weighted by Crippen LogP contribution is -2.53. The number of carbonyl (C=O) groups is 2. The zero-order valence-corrected chi connectivity index (χ0v) is 24.2. The molecule has 0 radical (unpaired) electrons. The van der Waals surface area contributed by atoms with Gasteiger partial charge in [0.25, 0.3) is 0 Å². The van der Waals surface area contributed by atoms with Crippen molar-refractivity contribution < 1.29 is 18.0 Å². The average Bonchev–Trinajstić information content (AvgIpc) is 2.84. The molecule has 1 fully saturated rings. The first-order valence-electron chi connectivity index (χ1n) is 12.2. The van der Waals surface area contributed by atoms with Crippen LogP contribution >= 0.6 is 34.8 Å². The van der Waals surface area contributed by atoms with Gasteiger partial charge >= 0.3 is 0 Å². The molecule has 0 saturated heterocycles. The van der Waals surface area contributed by atoms with Gasteiger partial charge in [-0.05, 0) is 56.5 Å². The molecule has 2 aromatic carbocycles. The molecule has 1 aliphatic carbocycles. The smallest absolute Gasteiger partial charge is 0.244 e. The van der Waals surface area contributed by atoms with Gasteiger partial charge in [0.05, 0.1) is 11.9 Å². The zero-order valence-electron chi connectivity index (χ0n) is 21.1. The SMILES string of the molecule is Cc1c(Cl)cccc1N(CC(=O)N(Cc1c(Cl)cccc1Cl)[C@@H](C)C(=O)NC1CCCCC1)S(C)(=O)=O. The minimum Gasteiger partial charge on any atom is -0.352 e. The van der Waals surface area contributed by atoms with Crippen LogP contribution in [0.15, 0.2) is 36.4 Å². The topological polar surface area (TPSA) is 86.8 Å². The van der Waals surface area contributed by atoms with Crippen molar-refractivity contribution in [3.8, 4) is 0 Å². The van der Waals surface area contributed by atoms with E-state index in [1.165, 1.54) is 4.90 Å². The Bertz CT molecular complexity index is 1230. The highest BCUT2D eigenvalue weighted by Crippen LogP contribution is 2.30. The number of halogens is 3. The van der Waals surface area contributed by atoms with Crippen LogP contribution in [0.5, 0.6) is 0 Å². The van der Waals surface area contributed by atoms with E-state index in [1.807, 2.05) is 0 Å². The molecule has 3 rings (SSSR count). The fraction of sp³-hybridized carbons (Fsp3) is 0.462. The van der Waals surface area contributed by atoms with Crippen molar-refractivity contribution in [1.82, 2.24) is 10.2 Å². The molecule has 1 aliphatic rings. The summed E-state index contributed by atoms with van der Waals surface area (Å²) in [5, 5.41) is 4.11. The summed E-state index contributed by atoms with van der Waals surface area (Å²) in [5.41, 5.74) is 1.28. The maximum absolute atomic E-state index is 13.8. The van der Waals surface area contributed by atoms with Crippen LogP contribution in [0, 0.1) is 6.92 Å². The first-order valence-corrected chi connectivity index (χ1v) is 15.1. The predicted molar refractivity (Wildman–Crippen MR) is 150 cm³/mol. The van der Waals surface area contributed by atoms with Gasteiger partial charge in [-0.3, -0.25) is 13.9 Å². The number of amides is 2. The summed E-state index contributed by atoms with van der Waals surface area (Å²) < 4.78 is 26.6. The minimum absolute atomic E-state index is 0.0474. The highest BCUT2D eigenvalue weighted by atomic mass is 35.5. The molecule has 202 valence electrons. The Labute approximate surface area is 234 Å². The summed E-state index contributed by atoms with van der Waals surface area (Å²) in [6.45, 7) is 2.71. The lowest BCUT2D eigenvalue weighted by atomic mass is 9.95. The second-order valence-electron chi connectivity index (χ2n) is 9.39. The van der Waals surface area contributed by atoms with Crippen molar-refractivity contribution in [1.29, 1.82) is 0 Å². The van der Waals surface area contributed by atoms with Crippen molar-refractivity contribution in [2.24, 2.45) is 0 Å². The second kappa shape index (κ2) is 12.7. The van der Waals surface area contributed by atoms with Gasteiger partial charge in [-0.25, -0.2) is 8.42 Å². The molecule has 0 bridgehead atoms. The van der Waals surface area contributed by atoms with Gasteiger partial charge in [0.1, 0.15) is 12.6 Å². The number of benzene rings is 2. The van der Waals surface area contributed by atoms with Crippen molar-refractivity contribution in [2.45, 2.75) is 64.6 Å². The van der Waals surface area contributed by atoms with Crippen molar-refractivity contribution in [3.05, 3.63) is 62.6 Å². The number of anilines is 1. The van der Waals surface area contributed by atoms with Gasteiger partial charge in [-0.2, -0.15) is 0 Å². The predicted octanol–water partition coefficient (Wildman–Crippen LogP) is 5.59. The molecule has 0 aromatic heterocycles. The van der Waals surface area contributed by atoms with E-state index in [4.69, 9.17) is 34.8 Å². The molecule has 0 spiro atoms. The number of hydrogen-bond donors (Lipinski definition) is 1. The number of carbonyl (C=O) groups excluding carboxylic acids is 2. The van der Waals surface area contributed by atoms with Gasteiger partial charge in [0.2, 0.25) is 21.8 Å². The van der Waals surface area contributed by atoms with E-state index in [0.717, 1.165) is 42.7 Å². The van der Waals surface area contributed by atoms with E-state index in [2.05, 4.69) is 5.32 Å². The molecule has 1 atom stereocenters. The van der Waals surface area contributed by atoms with Crippen molar-refractivity contribution >= 4 is 62.3 Å². The minimum atomic E-state index is -3.87. The molecule has 1 saturated carbocycles. The van der Waals surface area contributed by atoms with Crippen LogP contribution in [0.25, 0.3) is 0 Å². The summed E-state index contributed by atoms with van der Waals surface area (Å²) in [7, 11) is -3.87. The molecule has 37 heavy (non-hydrogen) atoms. The monoisotopic (exact) mass is 587 g/mol. The Morgan fingerprint density at radius 3 is 2.16 bits per heavy atom. The largest absolute Gasteiger partial charge is 0.352 e. The number of sulfonamides is 1. The highest BCUT2D eigenvalue weighted by molar-refractivity contribution is 7.92. The van der Waals surface area contributed by atoms with Gasteiger partial charge < -0.3 is 10.2 Å². The molecular formula is C26H32Cl3N3O4S. The third kappa shape index (κ3) is 7.53. The van der Waals surface area contributed by atoms with Crippen LogP contribution in [0.3, 0.4) is 0 Å². The van der Waals surface area contributed by atoms with Gasteiger partial charge in [-0.1, -0.05) is 66.2 Å². The normalized spacial score (nSPS) is 15.2. The van der Waals surface area contributed by atoms with E-state index in [0.29, 0.717) is 31.9 Å². The maximum atomic E-state index is 13.8. The Kier molecular flexibility index (Phi) is 10.1. The van der Waals surface area contributed by atoms with E-state index in [-0.39, 0.29) is 18.5 Å². The number of hydrogen-bond acceptors (Lipinski definition) is 4. The molecule has 0 unspecified atom stereocenters. The number of nitrogens with one attached hydrogen (secondary N) is 1. The maximum Gasteiger partial charge on any atom is 0.244 e. The molecule has 11 heteroatoms. The molecule has 7 nitrogen and oxygen atoms in total. The first-order chi connectivity index (χ1) is 17.4. The van der Waals surface area contributed by atoms with Crippen molar-refractivity contribution in [3.63, 3.8) is 0 Å². The molecular weight excluding hydrogens is 557 g/mol. The summed E-state index contributed by atoms with van der Waals surface area (Å²) in [4.78, 5) is 28.3. The lowest BCUT2D eigenvalue weighted by molar-refractivity contribution is -0.139. The number of rotatable bonds is 9. The van der Waals surface area contributed by atoms with Crippen LogP contribution in [0.1, 0.15) is 50.2 Å². The lowest BCUT2D eigenvalue weighted by Gasteiger charge is -2.33. The second-order valence-corrected chi connectivity index (χ2v) is 12.5. The van der Waals surface area contributed by atoms with Crippen LogP contribution in [-0.4, -0.2) is 50.0 Å². The van der Waals surface area contributed by atoms with Crippen molar-refractivity contribution in [2.75, 3.05) is 17.1 Å². The summed E-state index contributed by atoms with van der Waals surface area (Å²) in [6.07, 6.45) is 6.02.